The van der Waals surface area contributed by atoms with Crippen molar-refractivity contribution in [3.63, 3.8) is 0 Å². The van der Waals surface area contributed by atoms with Gasteiger partial charge in [-0.25, -0.2) is 29.0 Å². The molecule has 0 bridgehead atoms. The molecule has 0 unspecified atom stereocenters. The van der Waals surface area contributed by atoms with Gasteiger partial charge in [0, 0.05) is 18.8 Å². The second-order valence-corrected chi connectivity index (χ2v) is 8.26. The van der Waals surface area contributed by atoms with Gasteiger partial charge in [-0.2, -0.15) is 18.3 Å². The van der Waals surface area contributed by atoms with Crippen LogP contribution in [0.5, 0.6) is 0 Å². The number of anilines is 1. The molecule has 4 heterocycles. The third kappa shape index (κ3) is 4.41. The normalized spacial score (nSPS) is 20.9. The molecule has 9 nitrogen and oxygen atoms in total. The number of halogens is 4. The molecule has 0 spiro atoms. The minimum atomic E-state index is -4.48. The molecule has 0 radical (unpaired) electrons. The van der Waals surface area contributed by atoms with E-state index < -0.39 is 29.9 Å². The number of amides is 1. The van der Waals surface area contributed by atoms with E-state index >= 15 is 4.39 Å². The summed E-state index contributed by atoms with van der Waals surface area (Å²) in [5.41, 5.74) is -0.751. The summed E-state index contributed by atoms with van der Waals surface area (Å²) < 4.78 is 55.1. The van der Waals surface area contributed by atoms with Crippen molar-refractivity contribution >= 4 is 11.7 Å². The van der Waals surface area contributed by atoms with Crippen LogP contribution < -0.4 is 4.90 Å². The SMILES string of the molecule is O=C(c1cnc(-n2cncn2)cn1)N(C1CC1)[C@@H]1CCN(c2ccc(C(F)(F)F)cn2)C[C@@H]1F. The average Bonchev–Trinajstić information content (AvgIpc) is 3.51. The fraction of sp³-hybridized carbons (Fsp3) is 0.429. The second-order valence-electron chi connectivity index (χ2n) is 8.26. The van der Waals surface area contributed by atoms with Gasteiger partial charge in [0.1, 0.15) is 30.3 Å². The van der Waals surface area contributed by atoms with Gasteiger partial charge in [0.2, 0.25) is 0 Å². The molecular formula is C21H20F4N8O. The Morgan fingerprint density at radius 3 is 2.38 bits per heavy atom. The first-order valence-electron chi connectivity index (χ1n) is 10.7. The van der Waals surface area contributed by atoms with Crippen molar-refractivity contribution in [3.05, 3.63) is 54.6 Å². The van der Waals surface area contributed by atoms with Gasteiger partial charge >= 0.3 is 6.18 Å². The molecule has 2 atom stereocenters. The van der Waals surface area contributed by atoms with Crippen LogP contribution in [0, 0.1) is 0 Å². The molecule has 178 valence electrons. The Morgan fingerprint density at radius 1 is 1.03 bits per heavy atom. The van der Waals surface area contributed by atoms with Gasteiger partial charge < -0.3 is 9.80 Å². The first-order valence-corrected chi connectivity index (χ1v) is 10.7. The summed E-state index contributed by atoms with van der Waals surface area (Å²) in [6, 6.07) is 1.45. The van der Waals surface area contributed by atoms with Crippen molar-refractivity contribution in [2.45, 2.75) is 43.7 Å². The Kier molecular flexibility index (Phi) is 5.62. The van der Waals surface area contributed by atoms with E-state index in [0.717, 1.165) is 25.1 Å². The standard InChI is InChI=1S/C21H20F4N8O/c22-15-10-31(18-4-1-13(7-28-18)21(23,24)25)6-5-17(15)33(14-2-3-14)20(34)16-8-29-19(9-27-16)32-12-26-11-30-32/h1,4,7-9,11-12,14-15,17H,2-3,5-6,10H2/t15-,17+/m0/s1. The Hall–Kier alpha value is -3.64. The fourth-order valence-corrected chi connectivity index (χ4v) is 4.10. The van der Waals surface area contributed by atoms with Gasteiger partial charge in [-0.15, -0.1) is 0 Å². The first-order chi connectivity index (χ1) is 16.3. The van der Waals surface area contributed by atoms with E-state index in [1.165, 1.54) is 35.8 Å². The van der Waals surface area contributed by atoms with Crippen molar-refractivity contribution in [1.29, 1.82) is 0 Å². The number of piperidine rings is 1. The van der Waals surface area contributed by atoms with Crippen LogP contribution in [0.15, 0.2) is 43.4 Å². The molecule has 1 aliphatic carbocycles. The lowest BCUT2D eigenvalue weighted by atomic mass is 10.00. The molecule has 34 heavy (non-hydrogen) atoms. The van der Waals surface area contributed by atoms with E-state index in [4.69, 9.17) is 0 Å². The van der Waals surface area contributed by atoms with E-state index in [-0.39, 0.29) is 24.1 Å². The van der Waals surface area contributed by atoms with Gasteiger partial charge in [-0.05, 0) is 31.4 Å². The lowest BCUT2D eigenvalue weighted by Crippen LogP contribution is -2.55. The fourth-order valence-electron chi connectivity index (χ4n) is 4.10. The summed E-state index contributed by atoms with van der Waals surface area (Å²) in [4.78, 5) is 32.5. The van der Waals surface area contributed by atoms with E-state index in [9.17, 15) is 18.0 Å². The van der Waals surface area contributed by atoms with Crippen LogP contribution in [0.3, 0.4) is 0 Å². The second kappa shape index (κ2) is 8.61. The molecule has 13 heteroatoms. The minimum absolute atomic E-state index is 0.0664. The Morgan fingerprint density at radius 2 is 1.82 bits per heavy atom. The number of rotatable bonds is 5. The minimum Gasteiger partial charge on any atom is -0.354 e. The number of aromatic nitrogens is 6. The molecule has 1 amide bonds. The van der Waals surface area contributed by atoms with E-state index in [1.807, 2.05) is 0 Å². The predicted molar refractivity (Wildman–Crippen MR) is 111 cm³/mol. The lowest BCUT2D eigenvalue weighted by molar-refractivity contribution is -0.137. The molecule has 1 saturated heterocycles. The molecule has 1 aliphatic heterocycles. The Balaban J connectivity index is 1.29. The number of carbonyl (C=O) groups is 1. The van der Waals surface area contributed by atoms with E-state index in [2.05, 4.69) is 25.0 Å². The largest absolute Gasteiger partial charge is 0.417 e. The van der Waals surface area contributed by atoms with Crippen molar-refractivity contribution in [1.82, 2.24) is 34.6 Å². The summed E-state index contributed by atoms with van der Waals surface area (Å²) in [5, 5.41) is 3.96. The van der Waals surface area contributed by atoms with Gasteiger partial charge in [0.15, 0.2) is 5.82 Å². The molecule has 1 saturated carbocycles. The van der Waals surface area contributed by atoms with Crippen molar-refractivity contribution in [2.24, 2.45) is 0 Å². The predicted octanol–water partition coefficient (Wildman–Crippen LogP) is 2.69. The summed E-state index contributed by atoms with van der Waals surface area (Å²) in [5.74, 6) is 0.273. The molecule has 3 aromatic heterocycles. The molecule has 2 fully saturated rings. The number of hydrogen-bond acceptors (Lipinski definition) is 7. The summed E-state index contributed by atoms with van der Waals surface area (Å²) in [7, 11) is 0. The molecular weight excluding hydrogens is 456 g/mol. The van der Waals surface area contributed by atoms with Crippen molar-refractivity contribution in [2.75, 3.05) is 18.0 Å². The average molecular weight is 476 g/mol. The monoisotopic (exact) mass is 476 g/mol. The number of alkyl halides is 4. The number of pyridine rings is 1. The summed E-state index contributed by atoms with van der Waals surface area (Å²) >= 11 is 0. The van der Waals surface area contributed by atoms with Gasteiger partial charge in [-0.1, -0.05) is 0 Å². The molecule has 2 aliphatic rings. The maximum Gasteiger partial charge on any atom is 0.417 e. The zero-order valence-corrected chi connectivity index (χ0v) is 17.8. The smallest absolute Gasteiger partial charge is 0.354 e. The van der Waals surface area contributed by atoms with Gasteiger partial charge in [0.25, 0.3) is 5.91 Å². The quantitative estimate of drug-likeness (QED) is 0.523. The first kappa shape index (κ1) is 22.2. The van der Waals surface area contributed by atoms with E-state index in [0.29, 0.717) is 18.8 Å². The number of hydrogen-bond donors (Lipinski definition) is 0. The Labute approximate surface area is 191 Å². The maximum atomic E-state index is 15.3. The van der Waals surface area contributed by atoms with Gasteiger partial charge in [0.05, 0.1) is 30.5 Å². The Bertz CT molecular complexity index is 1130. The zero-order chi connectivity index (χ0) is 23.9. The highest BCUT2D eigenvalue weighted by atomic mass is 19.4. The molecule has 3 aromatic rings. The lowest BCUT2D eigenvalue weighted by Gasteiger charge is -2.41. The topological polar surface area (TPSA) is 92.9 Å². The van der Waals surface area contributed by atoms with E-state index in [1.54, 1.807) is 9.80 Å². The highest BCUT2D eigenvalue weighted by molar-refractivity contribution is 5.92. The van der Waals surface area contributed by atoms with Crippen LogP contribution in [0.4, 0.5) is 23.4 Å². The van der Waals surface area contributed by atoms with Crippen LogP contribution in [0.1, 0.15) is 35.3 Å². The third-order valence-corrected chi connectivity index (χ3v) is 5.95. The van der Waals surface area contributed by atoms with Crippen molar-refractivity contribution < 1.29 is 22.4 Å². The number of nitrogens with zero attached hydrogens (tertiary/aromatic N) is 8. The summed E-state index contributed by atoms with van der Waals surface area (Å²) in [6.45, 7) is 0.285. The van der Waals surface area contributed by atoms with Crippen LogP contribution in [0.2, 0.25) is 0 Å². The zero-order valence-electron chi connectivity index (χ0n) is 17.8. The highest BCUT2D eigenvalue weighted by Crippen LogP contribution is 2.35. The number of carbonyl (C=O) groups excluding carboxylic acids is 1. The van der Waals surface area contributed by atoms with Crippen molar-refractivity contribution in [3.8, 4) is 5.82 Å². The van der Waals surface area contributed by atoms with Gasteiger partial charge in [-0.3, -0.25) is 4.79 Å². The van der Waals surface area contributed by atoms with Crippen LogP contribution >= 0.6 is 0 Å². The molecule has 5 rings (SSSR count). The summed E-state index contributed by atoms with van der Waals surface area (Å²) in [6.07, 6.45) is 2.29. The third-order valence-electron chi connectivity index (χ3n) is 5.95. The molecule has 0 aromatic carbocycles. The highest BCUT2D eigenvalue weighted by Gasteiger charge is 2.44. The van der Waals surface area contributed by atoms with Crippen LogP contribution in [-0.2, 0) is 6.18 Å². The van der Waals surface area contributed by atoms with Crippen LogP contribution in [0.25, 0.3) is 5.82 Å². The molecule has 0 N–H and O–H groups in total. The van der Waals surface area contributed by atoms with Crippen LogP contribution in [-0.4, -0.2) is 71.9 Å². The maximum absolute atomic E-state index is 15.3.